The first kappa shape index (κ1) is 13.5. The van der Waals surface area contributed by atoms with Crippen LogP contribution in [0, 0.1) is 0 Å². The van der Waals surface area contributed by atoms with Crippen LogP contribution in [0.15, 0.2) is 0 Å². The van der Waals surface area contributed by atoms with E-state index >= 15 is 0 Å². The monoisotopic (exact) mass is 243 g/mol. The van der Waals surface area contributed by atoms with Gasteiger partial charge in [-0.2, -0.15) is 0 Å². The van der Waals surface area contributed by atoms with E-state index in [4.69, 9.17) is 0 Å². The fourth-order valence-corrected chi connectivity index (χ4v) is 1.97. The summed E-state index contributed by atoms with van der Waals surface area (Å²) in [5.41, 5.74) is 0. The number of hydrogen-bond acceptors (Lipinski definition) is 5. The third-order valence-electron chi connectivity index (χ3n) is 2.82. The Morgan fingerprint density at radius 1 is 1.24 bits per heavy atom. The first-order valence-electron chi connectivity index (χ1n) is 5.51. The van der Waals surface area contributed by atoms with Crippen LogP contribution in [-0.2, 0) is 19.1 Å². The maximum Gasteiger partial charge on any atom is 0.409 e. The van der Waals surface area contributed by atoms with E-state index < -0.39 is 12.1 Å². The molecule has 1 heterocycles. The number of carbonyl (C=O) groups excluding carboxylic acids is 3. The van der Waals surface area contributed by atoms with E-state index in [-0.39, 0.29) is 24.7 Å². The second-order valence-corrected chi connectivity index (χ2v) is 3.96. The van der Waals surface area contributed by atoms with Crippen LogP contribution >= 0.6 is 0 Å². The normalized spacial score (nSPS) is 18.9. The SMILES string of the molecule is COC(=O)CC(=O)CC1CCCN1C(=O)OC. The minimum Gasteiger partial charge on any atom is -0.469 e. The number of nitrogens with zero attached hydrogens (tertiary/aromatic N) is 1. The third-order valence-corrected chi connectivity index (χ3v) is 2.82. The molecule has 6 nitrogen and oxygen atoms in total. The van der Waals surface area contributed by atoms with Gasteiger partial charge in [0, 0.05) is 19.0 Å². The quantitative estimate of drug-likeness (QED) is 0.538. The number of esters is 1. The van der Waals surface area contributed by atoms with Gasteiger partial charge >= 0.3 is 12.1 Å². The highest BCUT2D eigenvalue weighted by Gasteiger charge is 2.31. The molecule has 6 heteroatoms. The van der Waals surface area contributed by atoms with E-state index in [1.54, 1.807) is 0 Å². The van der Waals surface area contributed by atoms with E-state index in [9.17, 15) is 14.4 Å². The number of amides is 1. The zero-order valence-corrected chi connectivity index (χ0v) is 10.1. The van der Waals surface area contributed by atoms with Gasteiger partial charge in [-0.05, 0) is 12.8 Å². The number of ketones is 1. The van der Waals surface area contributed by atoms with Crippen LogP contribution in [0.1, 0.15) is 25.7 Å². The molecule has 0 aromatic rings. The van der Waals surface area contributed by atoms with E-state index in [0.29, 0.717) is 6.54 Å². The van der Waals surface area contributed by atoms with Gasteiger partial charge in [-0.3, -0.25) is 9.59 Å². The Morgan fingerprint density at radius 3 is 2.53 bits per heavy atom. The highest BCUT2D eigenvalue weighted by atomic mass is 16.5. The summed E-state index contributed by atoms with van der Waals surface area (Å²) < 4.78 is 9.05. The molecule has 0 N–H and O–H groups in total. The molecule has 96 valence electrons. The molecule has 17 heavy (non-hydrogen) atoms. The number of likely N-dealkylation sites (tertiary alicyclic amines) is 1. The molecule has 1 unspecified atom stereocenters. The average Bonchev–Trinajstić information content (AvgIpc) is 2.75. The Bertz CT molecular complexity index is 315. The van der Waals surface area contributed by atoms with Crippen LogP contribution < -0.4 is 0 Å². The highest BCUT2D eigenvalue weighted by molar-refractivity contribution is 5.95. The molecular weight excluding hydrogens is 226 g/mol. The molecule has 1 fully saturated rings. The van der Waals surface area contributed by atoms with Crippen molar-refractivity contribution in [3.05, 3.63) is 0 Å². The standard InChI is InChI=1S/C11H17NO5/c1-16-10(14)7-9(13)6-8-4-3-5-12(8)11(15)17-2/h8H,3-7H2,1-2H3. The predicted octanol–water partition coefficient (Wildman–Crippen LogP) is 0.740. The van der Waals surface area contributed by atoms with E-state index in [1.165, 1.54) is 19.1 Å². The molecule has 1 amide bonds. The molecule has 0 radical (unpaired) electrons. The number of hydrogen-bond donors (Lipinski definition) is 0. The lowest BCUT2D eigenvalue weighted by atomic mass is 10.1. The van der Waals surface area contributed by atoms with Gasteiger partial charge in [0.1, 0.15) is 12.2 Å². The largest absolute Gasteiger partial charge is 0.469 e. The number of Topliss-reactive ketones (excluding diaryl/α,β-unsaturated/α-hetero) is 1. The highest BCUT2D eigenvalue weighted by Crippen LogP contribution is 2.21. The Morgan fingerprint density at radius 2 is 1.94 bits per heavy atom. The van der Waals surface area contributed by atoms with Gasteiger partial charge in [0.15, 0.2) is 0 Å². The molecule has 0 bridgehead atoms. The van der Waals surface area contributed by atoms with Crippen molar-refractivity contribution in [2.45, 2.75) is 31.7 Å². The number of methoxy groups -OCH3 is 2. The van der Waals surface area contributed by atoms with Crippen molar-refractivity contribution in [1.29, 1.82) is 0 Å². The van der Waals surface area contributed by atoms with Gasteiger partial charge in [0.2, 0.25) is 0 Å². The summed E-state index contributed by atoms with van der Waals surface area (Å²) in [6.07, 6.45) is 1.15. The van der Waals surface area contributed by atoms with Crippen molar-refractivity contribution in [2.75, 3.05) is 20.8 Å². The lowest BCUT2D eigenvalue weighted by Gasteiger charge is -2.22. The molecule has 0 aliphatic carbocycles. The minimum absolute atomic E-state index is 0.153. The number of carbonyl (C=O) groups is 3. The summed E-state index contributed by atoms with van der Waals surface area (Å²) in [5.74, 6) is -0.754. The number of rotatable bonds is 4. The lowest BCUT2D eigenvalue weighted by Crippen LogP contribution is -2.36. The van der Waals surface area contributed by atoms with Crippen molar-refractivity contribution < 1.29 is 23.9 Å². The maximum absolute atomic E-state index is 11.5. The minimum atomic E-state index is -0.544. The smallest absolute Gasteiger partial charge is 0.409 e. The Kier molecular flexibility index (Phi) is 4.93. The molecule has 0 saturated carbocycles. The van der Waals surface area contributed by atoms with Crippen LogP contribution in [0.25, 0.3) is 0 Å². The van der Waals surface area contributed by atoms with Crippen molar-refractivity contribution in [1.82, 2.24) is 4.90 Å². The predicted molar refractivity (Wildman–Crippen MR) is 58.4 cm³/mol. The maximum atomic E-state index is 11.5. The Balaban J connectivity index is 2.47. The first-order valence-corrected chi connectivity index (χ1v) is 5.51. The van der Waals surface area contributed by atoms with Gasteiger partial charge in [0.05, 0.1) is 14.2 Å². The van der Waals surface area contributed by atoms with E-state index in [2.05, 4.69) is 9.47 Å². The molecule has 1 aliphatic heterocycles. The average molecular weight is 243 g/mol. The molecule has 0 aromatic heterocycles. The summed E-state index contributed by atoms with van der Waals surface area (Å²) in [7, 11) is 2.56. The van der Waals surface area contributed by atoms with Gasteiger partial charge in [-0.15, -0.1) is 0 Å². The fraction of sp³-hybridized carbons (Fsp3) is 0.727. The van der Waals surface area contributed by atoms with Crippen molar-refractivity contribution in [2.24, 2.45) is 0 Å². The van der Waals surface area contributed by atoms with Gasteiger partial charge in [-0.25, -0.2) is 4.79 Å². The van der Waals surface area contributed by atoms with Gasteiger partial charge in [-0.1, -0.05) is 0 Å². The molecule has 1 rings (SSSR count). The first-order chi connectivity index (χ1) is 8.08. The molecule has 1 atom stereocenters. The lowest BCUT2D eigenvalue weighted by molar-refractivity contribution is -0.143. The summed E-state index contributed by atoms with van der Waals surface area (Å²) in [5, 5.41) is 0. The third kappa shape index (κ3) is 3.72. The summed E-state index contributed by atoms with van der Waals surface area (Å²) in [6, 6.07) is -0.153. The van der Waals surface area contributed by atoms with Crippen LogP contribution in [0.4, 0.5) is 4.79 Å². The van der Waals surface area contributed by atoms with Crippen molar-refractivity contribution >= 4 is 17.8 Å². The Labute approximate surface area is 99.9 Å². The summed E-state index contributed by atoms with van der Waals surface area (Å²) in [4.78, 5) is 35.4. The van der Waals surface area contributed by atoms with Gasteiger partial charge < -0.3 is 14.4 Å². The molecule has 1 aliphatic rings. The second kappa shape index (κ2) is 6.22. The summed E-state index contributed by atoms with van der Waals surface area (Å²) >= 11 is 0. The zero-order valence-electron chi connectivity index (χ0n) is 10.1. The molecule has 1 saturated heterocycles. The van der Waals surface area contributed by atoms with Crippen LogP contribution in [0.5, 0.6) is 0 Å². The van der Waals surface area contributed by atoms with E-state index in [0.717, 1.165) is 12.8 Å². The van der Waals surface area contributed by atoms with Crippen molar-refractivity contribution in [3.8, 4) is 0 Å². The topological polar surface area (TPSA) is 72.9 Å². The number of ether oxygens (including phenoxy) is 2. The summed E-state index contributed by atoms with van der Waals surface area (Å²) in [6.45, 7) is 0.600. The van der Waals surface area contributed by atoms with Gasteiger partial charge in [0.25, 0.3) is 0 Å². The fourth-order valence-electron chi connectivity index (χ4n) is 1.97. The van der Waals surface area contributed by atoms with Crippen molar-refractivity contribution in [3.63, 3.8) is 0 Å². The molecular formula is C11H17NO5. The Hall–Kier alpha value is -1.59. The van der Waals surface area contributed by atoms with Crippen LogP contribution in [0.2, 0.25) is 0 Å². The van der Waals surface area contributed by atoms with Crippen LogP contribution in [0.3, 0.4) is 0 Å². The zero-order chi connectivity index (χ0) is 12.8. The molecule has 0 spiro atoms. The molecule has 0 aromatic carbocycles. The van der Waals surface area contributed by atoms with Crippen LogP contribution in [-0.4, -0.2) is 49.6 Å². The van der Waals surface area contributed by atoms with E-state index in [1.807, 2.05) is 0 Å². The second-order valence-electron chi connectivity index (χ2n) is 3.96.